The lowest BCUT2D eigenvalue weighted by atomic mass is 9.75. The second-order valence-corrected chi connectivity index (χ2v) is 6.63. The van der Waals surface area contributed by atoms with E-state index in [-0.39, 0.29) is 0 Å². The summed E-state index contributed by atoms with van der Waals surface area (Å²) in [5, 5.41) is 3.58. The minimum atomic E-state index is 0.507. The van der Waals surface area contributed by atoms with E-state index in [1.165, 1.54) is 38.8 Å². The average Bonchev–Trinajstić information content (AvgIpc) is 2.39. The zero-order chi connectivity index (χ0) is 13.8. The highest BCUT2D eigenvalue weighted by molar-refractivity contribution is 4.94. The highest BCUT2D eigenvalue weighted by Gasteiger charge is 2.38. The number of rotatable bonds is 4. The Bertz CT molecular complexity index is 263. The second-order valence-electron chi connectivity index (χ2n) is 6.63. The SMILES string of the molecule is CCOC1CCN(C2C(C)CC(C)CC2NC)CC1. The molecule has 0 aromatic carbocycles. The molecule has 4 unspecified atom stereocenters. The van der Waals surface area contributed by atoms with Crippen LogP contribution in [0.1, 0.15) is 46.5 Å². The van der Waals surface area contributed by atoms with Crippen molar-refractivity contribution >= 4 is 0 Å². The van der Waals surface area contributed by atoms with Gasteiger partial charge in [0.1, 0.15) is 0 Å². The van der Waals surface area contributed by atoms with Gasteiger partial charge < -0.3 is 10.1 Å². The molecule has 0 spiro atoms. The summed E-state index contributed by atoms with van der Waals surface area (Å²) in [4.78, 5) is 2.73. The Morgan fingerprint density at radius 2 is 1.84 bits per heavy atom. The van der Waals surface area contributed by atoms with Gasteiger partial charge >= 0.3 is 0 Å². The van der Waals surface area contributed by atoms with Crippen LogP contribution in [-0.2, 0) is 4.74 Å². The highest BCUT2D eigenvalue weighted by Crippen LogP contribution is 2.33. The molecule has 0 aromatic heterocycles. The van der Waals surface area contributed by atoms with Crippen LogP contribution in [0.5, 0.6) is 0 Å². The van der Waals surface area contributed by atoms with E-state index in [1.54, 1.807) is 0 Å². The molecule has 112 valence electrons. The van der Waals surface area contributed by atoms with Crippen molar-refractivity contribution in [1.82, 2.24) is 10.2 Å². The molecule has 4 atom stereocenters. The van der Waals surface area contributed by atoms with Crippen molar-refractivity contribution in [3.63, 3.8) is 0 Å². The third kappa shape index (κ3) is 3.71. The van der Waals surface area contributed by atoms with Crippen LogP contribution in [-0.4, -0.2) is 49.8 Å². The molecule has 1 saturated carbocycles. The van der Waals surface area contributed by atoms with Gasteiger partial charge in [-0.25, -0.2) is 0 Å². The van der Waals surface area contributed by atoms with Crippen molar-refractivity contribution < 1.29 is 4.74 Å². The molecule has 1 aliphatic heterocycles. The van der Waals surface area contributed by atoms with Crippen LogP contribution in [0, 0.1) is 11.8 Å². The Kier molecular flexibility index (Phi) is 5.67. The number of nitrogens with zero attached hydrogens (tertiary/aromatic N) is 1. The van der Waals surface area contributed by atoms with Gasteiger partial charge in [-0.05, 0) is 51.5 Å². The Labute approximate surface area is 119 Å². The molecule has 2 rings (SSSR count). The van der Waals surface area contributed by atoms with Gasteiger partial charge in [-0.1, -0.05) is 13.8 Å². The number of ether oxygens (including phenoxy) is 1. The quantitative estimate of drug-likeness (QED) is 0.848. The first kappa shape index (κ1) is 15.3. The lowest BCUT2D eigenvalue weighted by molar-refractivity contribution is -0.0189. The summed E-state index contributed by atoms with van der Waals surface area (Å²) < 4.78 is 5.77. The number of piperidine rings is 1. The van der Waals surface area contributed by atoms with Crippen LogP contribution in [0.4, 0.5) is 0 Å². The summed E-state index contributed by atoms with van der Waals surface area (Å²) in [6.45, 7) is 10.2. The van der Waals surface area contributed by atoms with Gasteiger partial charge in [0, 0.05) is 31.8 Å². The van der Waals surface area contributed by atoms with Crippen molar-refractivity contribution in [2.24, 2.45) is 11.8 Å². The maximum Gasteiger partial charge on any atom is 0.0599 e. The van der Waals surface area contributed by atoms with Crippen molar-refractivity contribution in [3.8, 4) is 0 Å². The third-order valence-electron chi connectivity index (χ3n) is 5.10. The lowest BCUT2D eigenvalue weighted by Crippen LogP contribution is -2.57. The topological polar surface area (TPSA) is 24.5 Å². The van der Waals surface area contributed by atoms with E-state index in [4.69, 9.17) is 4.74 Å². The molecular weight excluding hydrogens is 236 g/mol. The van der Waals surface area contributed by atoms with Crippen molar-refractivity contribution in [2.75, 3.05) is 26.7 Å². The van der Waals surface area contributed by atoms with Gasteiger partial charge in [-0.15, -0.1) is 0 Å². The molecule has 0 bridgehead atoms. The fraction of sp³-hybridized carbons (Fsp3) is 1.00. The standard InChI is InChI=1S/C16H32N2O/c1-5-19-14-6-8-18(9-7-14)16-13(3)10-12(2)11-15(16)17-4/h12-17H,5-11H2,1-4H3. The number of likely N-dealkylation sites (N-methyl/N-ethyl adjacent to an activating group) is 1. The molecule has 3 nitrogen and oxygen atoms in total. The van der Waals surface area contributed by atoms with Crippen LogP contribution < -0.4 is 5.32 Å². The first-order valence-corrected chi connectivity index (χ1v) is 8.18. The minimum Gasteiger partial charge on any atom is -0.378 e. The summed E-state index contributed by atoms with van der Waals surface area (Å²) in [5.41, 5.74) is 0. The Morgan fingerprint density at radius 1 is 1.16 bits per heavy atom. The molecule has 2 fully saturated rings. The van der Waals surface area contributed by atoms with Gasteiger partial charge in [-0.2, -0.15) is 0 Å². The van der Waals surface area contributed by atoms with E-state index < -0.39 is 0 Å². The highest BCUT2D eigenvalue weighted by atomic mass is 16.5. The van der Waals surface area contributed by atoms with E-state index in [1.807, 2.05) is 0 Å². The maximum atomic E-state index is 5.77. The molecule has 3 heteroatoms. The molecule has 1 saturated heterocycles. The predicted octanol–water partition coefficient (Wildman–Crippen LogP) is 2.51. The summed E-state index contributed by atoms with van der Waals surface area (Å²) in [6, 6.07) is 1.39. The number of likely N-dealkylation sites (tertiary alicyclic amines) is 1. The monoisotopic (exact) mass is 268 g/mol. The Morgan fingerprint density at radius 3 is 2.42 bits per heavy atom. The summed E-state index contributed by atoms with van der Waals surface area (Å²) in [6.07, 6.45) is 5.64. The van der Waals surface area contributed by atoms with Gasteiger partial charge in [0.15, 0.2) is 0 Å². The molecule has 0 amide bonds. The zero-order valence-electron chi connectivity index (χ0n) is 13.2. The first-order valence-electron chi connectivity index (χ1n) is 8.18. The van der Waals surface area contributed by atoms with E-state index in [0.717, 1.165) is 24.5 Å². The van der Waals surface area contributed by atoms with Crippen molar-refractivity contribution in [3.05, 3.63) is 0 Å². The molecule has 1 N–H and O–H groups in total. The largest absolute Gasteiger partial charge is 0.378 e. The molecular formula is C16H32N2O. The van der Waals surface area contributed by atoms with Crippen LogP contribution in [0.25, 0.3) is 0 Å². The van der Waals surface area contributed by atoms with Gasteiger partial charge in [0.2, 0.25) is 0 Å². The van der Waals surface area contributed by atoms with Crippen LogP contribution in [0.2, 0.25) is 0 Å². The summed E-state index contributed by atoms with van der Waals surface area (Å²) in [7, 11) is 2.13. The van der Waals surface area contributed by atoms with E-state index in [0.29, 0.717) is 12.1 Å². The van der Waals surface area contributed by atoms with Crippen LogP contribution in [0.3, 0.4) is 0 Å². The lowest BCUT2D eigenvalue weighted by Gasteiger charge is -2.47. The van der Waals surface area contributed by atoms with Crippen molar-refractivity contribution in [1.29, 1.82) is 0 Å². The second kappa shape index (κ2) is 7.05. The van der Waals surface area contributed by atoms with Gasteiger partial charge in [0.05, 0.1) is 6.10 Å². The fourth-order valence-electron chi connectivity index (χ4n) is 4.32. The molecule has 1 heterocycles. The number of hydrogen-bond donors (Lipinski definition) is 1. The van der Waals surface area contributed by atoms with Crippen LogP contribution >= 0.6 is 0 Å². The van der Waals surface area contributed by atoms with Crippen LogP contribution in [0.15, 0.2) is 0 Å². The number of nitrogens with one attached hydrogen (secondary N) is 1. The van der Waals surface area contributed by atoms with Gasteiger partial charge in [0.25, 0.3) is 0 Å². The Hall–Kier alpha value is -0.120. The smallest absolute Gasteiger partial charge is 0.0599 e. The Balaban J connectivity index is 1.92. The fourth-order valence-corrected chi connectivity index (χ4v) is 4.32. The maximum absolute atomic E-state index is 5.77. The third-order valence-corrected chi connectivity index (χ3v) is 5.10. The normalized spacial score (nSPS) is 38.5. The van der Waals surface area contributed by atoms with Gasteiger partial charge in [-0.3, -0.25) is 4.90 Å². The number of hydrogen-bond acceptors (Lipinski definition) is 3. The minimum absolute atomic E-state index is 0.507. The molecule has 0 aromatic rings. The molecule has 19 heavy (non-hydrogen) atoms. The molecule has 0 radical (unpaired) electrons. The van der Waals surface area contributed by atoms with E-state index in [9.17, 15) is 0 Å². The summed E-state index contributed by atoms with van der Waals surface area (Å²) in [5.74, 6) is 1.68. The van der Waals surface area contributed by atoms with E-state index >= 15 is 0 Å². The van der Waals surface area contributed by atoms with Crippen molar-refractivity contribution in [2.45, 2.75) is 64.6 Å². The molecule has 1 aliphatic carbocycles. The first-order chi connectivity index (χ1) is 9.15. The average molecular weight is 268 g/mol. The summed E-state index contributed by atoms with van der Waals surface area (Å²) >= 11 is 0. The van der Waals surface area contributed by atoms with E-state index in [2.05, 4.69) is 38.0 Å². The molecule has 2 aliphatic rings. The predicted molar refractivity (Wildman–Crippen MR) is 80.4 cm³/mol. The zero-order valence-corrected chi connectivity index (χ0v) is 13.2.